The van der Waals surface area contributed by atoms with Gasteiger partial charge < -0.3 is 15.3 Å². The van der Waals surface area contributed by atoms with E-state index in [1.165, 1.54) is 25.0 Å². The smallest absolute Gasteiger partial charge is 0.337 e. The first-order valence-corrected chi connectivity index (χ1v) is 8.11. The fourth-order valence-corrected chi connectivity index (χ4v) is 2.97. The van der Waals surface area contributed by atoms with Gasteiger partial charge in [0.1, 0.15) is 0 Å². The van der Waals surface area contributed by atoms with Gasteiger partial charge in [0.2, 0.25) is 0 Å². The van der Waals surface area contributed by atoms with Crippen LogP contribution in [0.3, 0.4) is 0 Å². The highest BCUT2D eigenvalue weighted by atomic mass is 35.5. The number of aromatic carboxylic acids is 1. The van der Waals surface area contributed by atoms with Crippen LogP contribution in [0.15, 0.2) is 42.5 Å². The van der Waals surface area contributed by atoms with Crippen LogP contribution in [0, 0.1) is 0 Å². The first kappa shape index (κ1) is 16.3. The van der Waals surface area contributed by atoms with Crippen molar-refractivity contribution in [2.24, 2.45) is 0 Å². The van der Waals surface area contributed by atoms with Gasteiger partial charge in [0, 0.05) is 29.4 Å². The molecule has 2 aromatic carbocycles. The second kappa shape index (κ2) is 6.93. The minimum atomic E-state index is -1.14. The van der Waals surface area contributed by atoms with Crippen LogP contribution in [-0.4, -0.2) is 30.1 Å². The van der Waals surface area contributed by atoms with Crippen molar-refractivity contribution in [1.29, 1.82) is 0 Å². The van der Waals surface area contributed by atoms with E-state index in [4.69, 9.17) is 11.6 Å². The predicted molar refractivity (Wildman–Crippen MR) is 94.3 cm³/mol. The van der Waals surface area contributed by atoms with Gasteiger partial charge in [0.25, 0.3) is 5.91 Å². The molecular weight excluding hydrogens is 328 g/mol. The molecule has 0 aliphatic carbocycles. The number of hydrogen-bond acceptors (Lipinski definition) is 3. The molecule has 124 valence electrons. The predicted octanol–water partition coefficient (Wildman–Crippen LogP) is 3.89. The highest BCUT2D eigenvalue weighted by molar-refractivity contribution is 6.31. The Labute approximate surface area is 144 Å². The number of rotatable bonds is 4. The Bertz CT molecular complexity index is 768. The Morgan fingerprint density at radius 2 is 1.71 bits per heavy atom. The Morgan fingerprint density at radius 1 is 1.04 bits per heavy atom. The lowest BCUT2D eigenvalue weighted by Gasteiger charge is -2.17. The molecule has 0 radical (unpaired) electrons. The largest absolute Gasteiger partial charge is 0.478 e. The number of hydrogen-bond donors (Lipinski definition) is 2. The van der Waals surface area contributed by atoms with Gasteiger partial charge in [-0.1, -0.05) is 11.6 Å². The van der Waals surface area contributed by atoms with E-state index in [2.05, 4.69) is 10.2 Å². The second-order valence-electron chi connectivity index (χ2n) is 5.69. The average molecular weight is 345 g/mol. The maximum Gasteiger partial charge on any atom is 0.337 e. The van der Waals surface area contributed by atoms with Gasteiger partial charge in [-0.3, -0.25) is 4.79 Å². The summed E-state index contributed by atoms with van der Waals surface area (Å²) in [5.41, 5.74) is 1.76. The van der Waals surface area contributed by atoms with E-state index in [0.29, 0.717) is 10.6 Å². The van der Waals surface area contributed by atoms with Gasteiger partial charge >= 0.3 is 5.97 Å². The van der Waals surface area contributed by atoms with E-state index in [9.17, 15) is 14.7 Å². The number of carboxylic acid groups (broad SMARTS) is 1. The van der Waals surface area contributed by atoms with Crippen molar-refractivity contribution in [2.75, 3.05) is 23.3 Å². The second-order valence-corrected chi connectivity index (χ2v) is 6.13. The van der Waals surface area contributed by atoms with Gasteiger partial charge in [0.05, 0.1) is 11.3 Å². The molecule has 5 nitrogen and oxygen atoms in total. The third kappa shape index (κ3) is 3.51. The number of nitrogens with one attached hydrogen (secondary N) is 1. The van der Waals surface area contributed by atoms with Gasteiger partial charge in [-0.05, 0) is 55.3 Å². The Morgan fingerprint density at radius 3 is 2.33 bits per heavy atom. The molecule has 0 saturated carbocycles. The topological polar surface area (TPSA) is 69.6 Å². The van der Waals surface area contributed by atoms with E-state index < -0.39 is 5.97 Å². The van der Waals surface area contributed by atoms with E-state index in [1.54, 1.807) is 18.2 Å². The maximum atomic E-state index is 12.4. The van der Waals surface area contributed by atoms with Crippen LogP contribution in [0.4, 0.5) is 11.4 Å². The van der Waals surface area contributed by atoms with Crippen LogP contribution in [-0.2, 0) is 0 Å². The summed E-state index contributed by atoms with van der Waals surface area (Å²) in [6, 6.07) is 11.7. The first-order chi connectivity index (χ1) is 11.5. The number of amides is 1. The molecule has 2 N–H and O–H groups in total. The van der Waals surface area contributed by atoms with Crippen molar-refractivity contribution in [1.82, 2.24) is 0 Å². The fraction of sp³-hybridized carbons (Fsp3) is 0.222. The average Bonchev–Trinajstić information content (AvgIpc) is 3.11. The number of halogens is 1. The molecule has 1 aliphatic rings. The number of carboxylic acids is 1. The zero-order valence-electron chi connectivity index (χ0n) is 13.0. The quantitative estimate of drug-likeness (QED) is 0.882. The zero-order chi connectivity index (χ0) is 17.1. The van der Waals surface area contributed by atoms with Crippen molar-refractivity contribution in [2.45, 2.75) is 12.8 Å². The molecule has 0 unspecified atom stereocenters. The molecule has 0 spiro atoms. The molecular formula is C18H17ClN2O3. The molecule has 1 saturated heterocycles. The van der Waals surface area contributed by atoms with Crippen LogP contribution in [0.1, 0.15) is 33.6 Å². The summed E-state index contributed by atoms with van der Waals surface area (Å²) in [5.74, 6) is -1.50. The molecule has 1 amide bonds. The van der Waals surface area contributed by atoms with Crippen molar-refractivity contribution in [3.05, 3.63) is 58.6 Å². The third-order valence-corrected chi connectivity index (χ3v) is 4.30. The van der Waals surface area contributed by atoms with Gasteiger partial charge in [-0.25, -0.2) is 4.79 Å². The summed E-state index contributed by atoms with van der Waals surface area (Å²) < 4.78 is 0. The molecule has 0 atom stereocenters. The van der Waals surface area contributed by atoms with Crippen LogP contribution < -0.4 is 10.2 Å². The standard InChI is InChI=1S/C18H17ClN2O3/c19-13-5-8-16(15(11-13)18(23)24)20-17(22)12-3-6-14(7-4-12)21-9-1-2-10-21/h3-8,11H,1-2,9-10H2,(H,20,22)(H,23,24). The molecule has 24 heavy (non-hydrogen) atoms. The van der Waals surface area contributed by atoms with E-state index in [0.717, 1.165) is 18.8 Å². The van der Waals surface area contributed by atoms with E-state index >= 15 is 0 Å². The monoisotopic (exact) mass is 344 g/mol. The van der Waals surface area contributed by atoms with Crippen LogP contribution in [0.25, 0.3) is 0 Å². The Balaban J connectivity index is 1.76. The van der Waals surface area contributed by atoms with Crippen LogP contribution in [0.2, 0.25) is 5.02 Å². The molecule has 0 bridgehead atoms. The number of carbonyl (C=O) groups is 2. The van der Waals surface area contributed by atoms with Gasteiger partial charge in [-0.15, -0.1) is 0 Å². The lowest BCUT2D eigenvalue weighted by molar-refractivity contribution is 0.0698. The van der Waals surface area contributed by atoms with Crippen LogP contribution in [0.5, 0.6) is 0 Å². The highest BCUT2D eigenvalue weighted by Gasteiger charge is 2.16. The SMILES string of the molecule is O=C(Nc1ccc(Cl)cc1C(=O)O)c1ccc(N2CCCC2)cc1. The molecule has 2 aromatic rings. The van der Waals surface area contributed by atoms with Crippen molar-refractivity contribution < 1.29 is 14.7 Å². The molecule has 1 heterocycles. The summed E-state index contributed by atoms with van der Waals surface area (Å²) >= 11 is 5.81. The van der Waals surface area contributed by atoms with E-state index in [-0.39, 0.29) is 17.2 Å². The summed E-state index contributed by atoms with van der Waals surface area (Å²) in [5, 5.41) is 12.2. The van der Waals surface area contributed by atoms with E-state index in [1.807, 2.05) is 12.1 Å². The number of anilines is 2. The number of carbonyl (C=O) groups excluding carboxylic acids is 1. The fourth-order valence-electron chi connectivity index (χ4n) is 2.80. The Kier molecular flexibility index (Phi) is 4.71. The molecule has 6 heteroatoms. The minimum absolute atomic E-state index is 0.0375. The number of nitrogens with zero attached hydrogens (tertiary/aromatic N) is 1. The summed E-state index contributed by atoms with van der Waals surface area (Å²) in [4.78, 5) is 25.9. The highest BCUT2D eigenvalue weighted by Crippen LogP contribution is 2.23. The minimum Gasteiger partial charge on any atom is -0.478 e. The van der Waals surface area contributed by atoms with Crippen molar-refractivity contribution in [3.63, 3.8) is 0 Å². The van der Waals surface area contributed by atoms with Crippen molar-refractivity contribution >= 4 is 34.9 Å². The summed E-state index contributed by atoms with van der Waals surface area (Å²) in [6.45, 7) is 2.08. The van der Waals surface area contributed by atoms with Gasteiger partial charge in [0.15, 0.2) is 0 Å². The molecule has 3 rings (SSSR count). The Hall–Kier alpha value is -2.53. The third-order valence-electron chi connectivity index (χ3n) is 4.06. The lowest BCUT2D eigenvalue weighted by Crippen LogP contribution is -2.18. The normalized spacial score (nSPS) is 13.8. The van der Waals surface area contributed by atoms with Gasteiger partial charge in [-0.2, -0.15) is 0 Å². The molecule has 1 fully saturated rings. The maximum absolute atomic E-state index is 12.4. The number of benzene rings is 2. The first-order valence-electron chi connectivity index (χ1n) is 7.74. The molecule has 1 aliphatic heterocycles. The summed E-state index contributed by atoms with van der Waals surface area (Å²) in [7, 11) is 0. The molecule has 0 aromatic heterocycles. The summed E-state index contributed by atoms with van der Waals surface area (Å²) in [6.07, 6.45) is 2.38. The van der Waals surface area contributed by atoms with Crippen molar-refractivity contribution in [3.8, 4) is 0 Å². The zero-order valence-corrected chi connectivity index (χ0v) is 13.7. The lowest BCUT2D eigenvalue weighted by atomic mass is 10.1. The van der Waals surface area contributed by atoms with Crippen LogP contribution >= 0.6 is 11.6 Å².